The molecule has 3 aromatic rings. The van der Waals surface area contributed by atoms with Crippen molar-refractivity contribution in [3.8, 4) is 23.1 Å². The Hall–Kier alpha value is -3.74. The predicted molar refractivity (Wildman–Crippen MR) is 131 cm³/mol. The van der Waals surface area contributed by atoms with Crippen molar-refractivity contribution in [2.24, 2.45) is 0 Å². The third-order valence-corrected chi connectivity index (χ3v) is 6.22. The molecular formula is C25H28N8O. The molecule has 5 rings (SSSR count). The fourth-order valence-corrected chi connectivity index (χ4v) is 4.19. The van der Waals surface area contributed by atoms with Crippen molar-refractivity contribution < 1.29 is 4.74 Å². The van der Waals surface area contributed by atoms with Crippen molar-refractivity contribution >= 4 is 17.5 Å². The molecule has 0 radical (unpaired) electrons. The van der Waals surface area contributed by atoms with Gasteiger partial charge in [-0.1, -0.05) is 0 Å². The molecule has 1 atom stereocenters. The predicted octanol–water partition coefficient (Wildman–Crippen LogP) is 2.65. The number of ether oxygens (including phenoxy) is 1. The summed E-state index contributed by atoms with van der Waals surface area (Å²) in [5.74, 6) is 1.74. The minimum absolute atomic E-state index is 0.0999. The SMILES string of the molecule is CN1CCN(c2ccc(Nc3nccc(-c4ccc(OC5CCNC5)c(C#N)c4)n3)nc2)CC1. The van der Waals surface area contributed by atoms with Crippen molar-refractivity contribution in [3.05, 3.63) is 54.4 Å². The molecule has 9 heteroatoms. The van der Waals surface area contributed by atoms with Crippen molar-refractivity contribution in [1.29, 1.82) is 5.26 Å². The van der Waals surface area contributed by atoms with E-state index in [0.29, 0.717) is 23.1 Å². The number of benzene rings is 1. The van der Waals surface area contributed by atoms with Gasteiger partial charge in [0.2, 0.25) is 5.95 Å². The lowest BCUT2D eigenvalue weighted by atomic mass is 10.1. The summed E-state index contributed by atoms with van der Waals surface area (Å²) in [5.41, 5.74) is 3.17. The van der Waals surface area contributed by atoms with Crippen LogP contribution in [0.3, 0.4) is 0 Å². The van der Waals surface area contributed by atoms with Crippen LogP contribution in [0.4, 0.5) is 17.5 Å². The molecule has 174 valence electrons. The molecule has 0 saturated carbocycles. The summed E-state index contributed by atoms with van der Waals surface area (Å²) in [4.78, 5) is 18.2. The number of nitriles is 1. The fraction of sp³-hybridized carbons (Fsp3) is 0.360. The van der Waals surface area contributed by atoms with Crippen LogP contribution in [-0.4, -0.2) is 72.3 Å². The zero-order valence-electron chi connectivity index (χ0n) is 19.2. The second-order valence-corrected chi connectivity index (χ2v) is 8.64. The quantitative estimate of drug-likeness (QED) is 0.579. The first-order chi connectivity index (χ1) is 16.7. The number of piperazine rings is 1. The summed E-state index contributed by atoms with van der Waals surface area (Å²) in [6.07, 6.45) is 4.62. The maximum Gasteiger partial charge on any atom is 0.228 e. The molecule has 2 aliphatic heterocycles. The summed E-state index contributed by atoms with van der Waals surface area (Å²) < 4.78 is 6.01. The molecule has 0 aliphatic carbocycles. The van der Waals surface area contributed by atoms with Crippen LogP contribution in [0.5, 0.6) is 5.75 Å². The molecule has 9 nitrogen and oxygen atoms in total. The van der Waals surface area contributed by atoms with Crippen LogP contribution in [0.1, 0.15) is 12.0 Å². The third kappa shape index (κ3) is 5.09. The largest absolute Gasteiger partial charge is 0.488 e. The minimum Gasteiger partial charge on any atom is -0.488 e. The zero-order chi connectivity index (χ0) is 23.3. The van der Waals surface area contributed by atoms with Crippen LogP contribution in [0.2, 0.25) is 0 Å². The maximum absolute atomic E-state index is 9.64. The number of rotatable bonds is 6. The molecule has 2 N–H and O–H groups in total. The molecule has 0 spiro atoms. The molecule has 34 heavy (non-hydrogen) atoms. The Labute approximate surface area is 199 Å². The van der Waals surface area contributed by atoms with E-state index in [1.165, 1.54) is 0 Å². The van der Waals surface area contributed by atoms with Gasteiger partial charge in [0.1, 0.15) is 23.7 Å². The summed E-state index contributed by atoms with van der Waals surface area (Å²) in [6, 6.07) is 13.7. The van der Waals surface area contributed by atoms with Gasteiger partial charge < -0.3 is 25.2 Å². The van der Waals surface area contributed by atoms with Gasteiger partial charge in [-0.05, 0) is 56.4 Å². The van der Waals surface area contributed by atoms with Crippen LogP contribution in [0, 0.1) is 11.3 Å². The lowest BCUT2D eigenvalue weighted by Gasteiger charge is -2.33. The Bertz CT molecular complexity index is 1160. The fourth-order valence-electron chi connectivity index (χ4n) is 4.19. The van der Waals surface area contributed by atoms with Gasteiger partial charge in [0.25, 0.3) is 0 Å². The van der Waals surface area contributed by atoms with E-state index in [4.69, 9.17) is 4.74 Å². The third-order valence-electron chi connectivity index (χ3n) is 6.22. The zero-order valence-corrected chi connectivity index (χ0v) is 19.2. The van der Waals surface area contributed by atoms with Crippen molar-refractivity contribution in [2.75, 3.05) is 56.5 Å². The van der Waals surface area contributed by atoms with E-state index in [0.717, 1.165) is 62.6 Å². The van der Waals surface area contributed by atoms with Crippen molar-refractivity contribution in [3.63, 3.8) is 0 Å². The normalized spacial score (nSPS) is 18.5. The lowest BCUT2D eigenvalue weighted by molar-refractivity contribution is 0.222. The van der Waals surface area contributed by atoms with Crippen LogP contribution in [0.15, 0.2) is 48.8 Å². The molecular weight excluding hydrogens is 428 g/mol. The van der Waals surface area contributed by atoms with E-state index in [1.807, 2.05) is 36.5 Å². The Morgan fingerprint density at radius 3 is 2.74 bits per heavy atom. The number of anilines is 3. The van der Waals surface area contributed by atoms with Crippen LogP contribution >= 0.6 is 0 Å². The monoisotopic (exact) mass is 456 g/mol. The number of hydrogen-bond donors (Lipinski definition) is 2. The van der Waals surface area contributed by atoms with E-state index in [1.54, 1.807) is 6.20 Å². The first-order valence-electron chi connectivity index (χ1n) is 11.6. The molecule has 2 aliphatic rings. The molecule has 1 unspecified atom stereocenters. The average molecular weight is 457 g/mol. The van der Waals surface area contributed by atoms with Gasteiger partial charge in [-0.25, -0.2) is 15.0 Å². The van der Waals surface area contributed by atoms with Gasteiger partial charge in [0.05, 0.1) is 23.1 Å². The van der Waals surface area contributed by atoms with Gasteiger partial charge in [-0.2, -0.15) is 5.26 Å². The summed E-state index contributed by atoms with van der Waals surface area (Å²) in [6.45, 7) is 5.86. The highest BCUT2D eigenvalue weighted by Crippen LogP contribution is 2.27. The lowest BCUT2D eigenvalue weighted by Crippen LogP contribution is -2.44. The first kappa shape index (κ1) is 22.1. The van der Waals surface area contributed by atoms with E-state index < -0.39 is 0 Å². The Balaban J connectivity index is 1.28. The smallest absolute Gasteiger partial charge is 0.228 e. The standard InChI is InChI=1S/C25H28N8O/c1-32-10-12-33(13-11-32)20-3-5-24(29-16-20)31-25-28-9-7-22(30-25)18-2-4-23(19(14-18)15-26)34-21-6-8-27-17-21/h2-5,7,9,14,16,21,27H,6,8,10-13,17H2,1H3,(H,28,29,30,31). The van der Waals surface area contributed by atoms with Gasteiger partial charge in [0, 0.05) is 44.5 Å². The molecule has 0 bridgehead atoms. The molecule has 2 aromatic heterocycles. The van der Waals surface area contributed by atoms with Crippen molar-refractivity contribution in [2.45, 2.75) is 12.5 Å². The molecule has 1 aromatic carbocycles. The Morgan fingerprint density at radius 1 is 1.12 bits per heavy atom. The van der Waals surface area contributed by atoms with Crippen LogP contribution < -0.4 is 20.3 Å². The second-order valence-electron chi connectivity index (χ2n) is 8.64. The Morgan fingerprint density at radius 2 is 2.00 bits per heavy atom. The molecule has 2 saturated heterocycles. The van der Waals surface area contributed by atoms with E-state index >= 15 is 0 Å². The van der Waals surface area contributed by atoms with E-state index in [-0.39, 0.29) is 6.10 Å². The van der Waals surface area contributed by atoms with Crippen molar-refractivity contribution in [1.82, 2.24) is 25.2 Å². The van der Waals surface area contributed by atoms with E-state index in [2.05, 4.69) is 54.6 Å². The summed E-state index contributed by atoms with van der Waals surface area (Å²) in [7, 11) is 2.15. The van der Waals surface area contributed by atoms with Gasteiger partial charge in [-0.3, -0.25) is 0 Å². The molecule has 2 fully saturated rings. The molecule has 4 heterocycles. The number of likely N-dealkylation sites (N-methyl/N-ethyl adjacent to an activating group) is 1. The second kappa shape index (κ2) is 10.0. The Kier molecular flexibility index (Phi) is 6.51. The number of hydrogen-bond acceptors (Lipinski definition) is 9. The van der Waals surface area contributed by atoms with Gasteiger partial charge >= 0.3 is 0 Å². The first-order valence-corrected chi connectivity index (χ1v) is 11.6. The topological polar surface area (TPSA) is 102 Å². The highest BCUT2D eigenvalue weighted by atomic mass is 16.5. The number of pyridine rings is 1. The highest BCUT2D eigenvalue weighted by Gasteiger charge is 2.18. The van der Waals surface area contributed by atoms with E-state index in [9.17, 15) is 5.26 Å². The summed E-state index contributed by atoms with van der Waals surface area (Å²) in [5, 5.41) is 16.1. The highest BCUT2D eigenvalue weighted by molar-refractivity contribution is 5.65. The number of nitrogens with zero attached hydrogens (tertiary/aromatic N) is 6. The van der Waals surface area contributed by atoms with Gasteiger partial charge in [-0.15, -0.1) is 0 Å². The average Bonchev–Trinajstić information content (AvgIpc) is 3.39. The number of aromatic nitrogens is 3. The van der Waals surface area contributed by atoms with Crippen LogP contribution in [-0.2, 0) is 0 Å². The maximum atomic E-state index is 9.64. The van der Waals surface area contributed by atoms with Crippen LogP contribution in [0.25, 0.3) is 11.3 Å². The summed E-state index contributed by atoms with van der Waals surface area (Å²) >= 11 is 0. The molecule has 0 amide bonds. The number of nitrogens with one attached hydrogen (secondary N) is 2. The van der Waals surface area contributed by atoms with Gasteiger partial charge in [0.15, 0.2) is 0 Å². The minimum atomic E-state index is 0.0999.